The third-order valence-corrected chi connectivity index (χ3v) is 6.73. The number of amides is 2. The van der Waals surface area contributed by atoms with E-state index in [0.29, 0.717) is 54.0 Å². The summed E-state index contributed by atoms with van der Waals surface area (Å²) in [5.41, 5.74) is 0.721. The van der Waals surface area contributed by atoms with Crippen molar-refractivity contribution in [2.24, 2.45) is 0 Å². The van der Waals surface area contributed by atoms with Crippen LogP contribution in [0.5, 0.6) is 5.75 Å². The minimum atomic E-state index is -0.342. The highest BCUT2D eigenvalue weighted by atomic mass is 16.5. The van der Waals surface area contributed by atoms with E-state index in [1.54, 1.807) is 68.0 Å². The lowest BCUT2D eigenvalue weighted by Gasteiger charge is -2.35. The Bertz CT molecular complexity index is 1510. The van der Waals surface area contributed by atoms with Crippen LogP contribution in [0.15, 0.2) is 83.9 Å². The van der Waals surface area contributed by atoms with E-state index < -0.39 is 0 Å². The second-order valence-electron chi connectivity index (χ2n) is 9.03. The number of nitrogens with one attached hydrogen (secondary N) is 1. The number of methoxy groups -OCH3 is 1. The zero-order chi connectivity index (χ0) is 26.5. The van der Waals surface area contributed by atoms with E-state index in [0.717, 1.165) is 5.82 Å². The Kier molecular flexibility index (Phi) is 7.35. The van der Waals surface area contributed by atoms with E-state index in [4.69, 9.17) is 4.74 Å². The molecule has 2 amide bonds. The molecule has 0 atom stereocenters. The quantitative estimate of drug-likeness (QED) is 0.410. The molecule has 0 spiro atoms. The maximum absolute atomic E-state index is 13.2. The molecular formula is C29H29N5O4. The van der Waals surface area contributed by atoms with Crippen LogP contribution in [0.2, 0.25) is 0 Å². The average molecular weight is 512 g/mol. The SMILES string of the molecule is COc1cccc(-n2cc(C(=O)NCCC(=O)N3CCN(c4ccccn4)CC3)c3ccccc3c2=O)c1. The van der Waals surface area contributed by atoms with Crippen molar-refractivity contribution in [1.29, 1.82) is 0 Å². The van der Waals surface area contributed by atoms with Gasteiger partial charge in [-0.15, -0.1) is 0 Å². The summed E-state index contributed by atoms with van der Waals surface area (Å²) in [6.07, 6.45) is 3.51. The molecule has 1 aliphatic heterocycles. The molecule has 1 saturated heterocycles. The summed E-state index contributed by atoms with van der Waals surface area (Å²) in [4.78, 5) is 47.6. The third-order valence-electron chi connectivity index (χ3n) is 6.73. The van der Waals surface area contributed by atoms with E-state index in [1.807, 2.05) is 23.1 Å². The number of anilines is 1. The van der Waals surface area contributed by atoms with Gasteiger partial charge in [-0.05, 0) is 30.3 Å². The first-order valence-electron chi connectivity index (χ1n) is 12.6. The van der Waals surface area contributed by atoms with Crippen LogP contribution in [0.3, 0.4) is 0 Å². The molecule has 3 heterocycles. The highest BCUT2D eigenvalue weighted by Crippen LogP contribution is 2.20. The van der Waals surface area contributed by atoms with Gasteiger partial charge in [-0.3, -0.25) is 19.0 Å². The lowest BCUT2D eigenvalue weighted by molar-refractivity contribution is -0.131. The van der Waals surface area contributed by atoms with E-state index in [9.17, 15) is 14.4 Å². The van der Waals surface area contributed by atoms with Crippen molar-refractivity contribution in [1.82, 2.24) is 19.8 Å². The van der Waals surface area contributed by atoms with Crippen molar-refractivity contribution in [3.05, 3.63) is 95.0 Å². The van der Waals surface area contributed by atoms with Crippen LogP contribution in [0.1, 0.15) is 16.8 Å². The van der Waals surface area contributed by atoms with Gasteiger partial charge < -0.3 is 19.9 Å². The number of benzene rings is 2. The summed E-state index contributed by atoms with van der Waals surface area (Å²) < 4.78 is 6.75. The summed E-state index contributed by atoms with van der Waals surface area (Å²) in [7, 11) is 1.56. The Labute approximate surface area is 220 Å². The van der Waals surface area contributed by atoms with Gasteiger partial charge in [0.2, 0.25) is 5.91 Å². The normalized spacial score (nSPS) is 13.4. The van der Waals surface area contributed by atoms with Crippen LogP contribution in [0.25, 0.3) is 16.5 Å². The number of fused-ring (bicyclic) bond motifs is 1. The summed E-state index contributed by atoms with van der Waals surface area (Å²) in [5, 5.41) is 3.87. The predicted octanol–water partition coefficient (Wildman–Crippen LogP) is 2.86. The Morgan fingerprint density at radius 1 is 0.947 bits per heavy atom. The number of hydrogen-bond acceptors (Lipinski definition) is 6. The molecule has 2 aromatic heterocycles. The van der Waals surface area contributed by atoms with Crippen molar-refractivity contribution >= 4 is 28.4 Å². The number of nitrogens with zero attached hydrogens (tertiary/aromatic N) is 4. The van der Waals surface area contributed by atoms with Gasteiger partial charge in [0.25, 0.3) is 11.5 Å². The number of pyridine rings is 2. The second kappa shape index (κ2) is 11.2. The highest BCUT2D eigenvalue weighted by molar-refractivity contribution is 6.06. The second-order valence-corrected chi connectivity index (χ2v) is 9.03. The molecule has 194 valence electrons. The van der Waals surface area contributed by atoms with Gasteiger partial charge >= 0.3 is 0 Å². The maximum atomic E-state index is 13.2. The van der Waals surface area contributed by atoms with Crippen LogP contribution in [-0.2, 0) is 4.79 Å². The number of piperazine rings is 1. The van der Waals surface area contributed by atoms with E-state index in [1.165, 1.54) is 4.57 Å². The lowest BCUT2D eigenvalue weighted by Crippen LogP contribution is -2.49. The first-order chi connectivity index (χ1) is 18.5. The Hall–Kier alpha value is -4.66. The number of carbonyl (C=O) groups excluding carboxylic acids is 2. The molecular weight excluding hydrogens is 482 g/mol. The number of rotatable bonds is 7. The summed E-state index contributed by atoms with van der Waals surface area (Å²) in [6.45, 7) is 2.85. The van der Waals surface area contributed by atoms with E-state index in [-0.39, 0.29) is 30.3 Å². The molecule has 9 nitrogen and oxygen atoms in total. The van der Waals surface area contributed by atoms with E-state index >= 15 is 0 Å². The number of aromatic nitrogens is 2. The third kappa shape index (κ3) is 5.22. The Morgan fingerprint density at radius 2 is 1.71 bits per heavy atom. The predicted molar refractivity (Wildman–Crippen MR) is 146 cm³/mol. The first kappa shape index (κ1) is 25.0. The van der Waals surface area contributed by atoms with Crippen LogP contribution in [-0.4, -0.2) is 66.1 Å². The zero-order valence-electron chi connectivity index (χ0n) is 21.2. The largest absolute Gasteiger partial charge is 0.497 e. The van der Waals surface area contributed by atoms with Crippen LogP contribution >= 0.6 is 0 Å². The van der Waals surface area contributed by atoms with Gasteiger partial charge in [0.1, 0.15) is 11.6 Å². The fourth-order valence-electron chi connectivity index (χ4n) is 4.69. The molecule has 38 heavy (non-hydrogen) atoms. The number of hydrogen-bond donors (Lipinski definition) is 1. The van der Waals surface area contributed by atoms with Crippen molar-refractivity contribution in [3.8, 4) is 11.4 Å². The topological polar surface area (TPSA) is 96.8 Å². The molecule has 0 bridgehead atoms. The summed E-state index contributed by atoms with van der Waals surface area (Å²) in [5.74, 6) is 1.17. The van der Waals surface area contributed by atoms with Gasteiger partial charge in [0.05, 0.1) is 18.4 Å². The lowest BCUT2D eigenvalue weighted by atomic mass is 10.1. The molecule has 0 saturated carbocycles. The molecule has 1 fully saturated rings. The molecule has 0 unspecified atom stereocenters. The van der Waals surface area contributed by atoms with Crippen molar-refractivity contribution in [2.45, 2.75) is 6.42 Å². The van der Waals surface area contributed by atoms with Gasteiger partial charge in [0, 0.05) is 68.4 Å². The molecule has 0 radical (unpaired) electrons. The first-order valence-corrected chi connectivity index (χ1v) is 12.6. The fraction of sp³-hybridized carbons (Fsp3) is 0.241. The molecule has 4 aromatic rings. The molecule has 1 aliphatic rings. The van der Waals surface area contributed by atoms with Gasteiger partial charge in [-0.2, -0.15) is 0 Å². The van der Waals surface area contributed by atoms with E-state index in [2.05, 4.69) is 15.2 Å². The molecule has 5 rings (SSSR count). The van der Waals surface area contributed by atoms with Crippen molar-refractivity contribution < 1.29 is 14.3 Å². The molecule has 9 heteroatoms. The maximum Gasteiger partial charge on any atom is 0.262 e. The summed E-state index contributed by atoms with van der Waals surface area (Å²) >= 11 is 0. The average Bonchev–Trinajstić information content (AvgIpc) is 2.98. The number of carbonyl (C=O) groups is 2. The van der Waals surface area contributed by atoms with Crippen LogP contribution in [0, 0.1) is 0 Å². The summed E-state index contributed by atoms with van der Waals surface area (Å²) in [6, 6.07) is 19.9. The highest BCUT2D eigenvalue weighted by Gasteiger charge is 2.22. The zero-order valence-corrected chi connectivity index (χ0v) is 21.2. The fourth-order valence-corrected chi connectivity index (χ4v) is 4.69. The van der Waals surface area contributed by atoms with Crippen LogP contribution in [0.4, 0.5) is 5.82 Å². The minimum absolute atomic E-state index is 0.00261. The van der Waals surface area contributed by atoms with Gasteiger partial charge in [-0.1, -0.05) is 30.3 Å². The Morgan fingerprint density at radius 3 is 2.45 bits per heavy atom. The smallest absolute Gasteiger partial charge is 0.262 e. The van der Waals surface area contributed by atoms with Crippen molar-refractivity contribution in [2.75, 3.05) is 44.7 Å². The van der Waals surface area contributed by atoms with Crippen LogP contribution < -0.4 is 20.5 Å². The molecule has 1 N–H and O–H groups in total. The molecule has 0 aliphatic carbocycles. The number of ether oxygens (including phenoxy) is 1. The standard InChI is InChI=1S/C29H29N5O4/c1-38-22-8-6-7-21(19-22)34-20-25(23-9-2-3-10-24(23)29(34)37)28(36)31-14-12-27(35)33-17-15-32(16-18-33)26-11-4-5-13-30-26/h2-11,13,19-20H,12,14-18H2,1H3,(H,31,36). The van der Waals surface area contributed by atoms with Gasteiger partial charge in [0.15, 0.2) is 0 Å². The van der Waals surface area contributed by atoms with Gasteiger partial charge in [-0.25, -0.2) is 4.98 Å². The monoisotopic (exact) mass is 511 g/mol. The molecule has 2 aromatic carbocycles. The van der Waals surface area contributed by atoms with Crippen molar-refractivity contribution in [3.63, 3.8) is 0 Å². The minimum Gasteiger partial charge on any atom is -0.497 e. The Balaban J connectivity index is 1.26.